The van der Waals surface area contributed by atoms with Gasteiger partial charge in [0.1, 0.15) is 10.6 Å². The number of hydrogen-bond acceptors (Lipinski definition) is 7. The van der Waals surface area contributed by atoms with Crippen molar-refractivity contribution in [3.8, 4) is 16.9 Å². The van der Waals surface area contributed by atoms with Gasteiger partial charge >= 0.3 is 5.97 Å². The summed E-state index contributed by atoms with van der Waals surface area (Å²) in [5.41, 5.74) is 2.91. The lowest BCUT2D eigenvalue weighted by Crippen LogP contribution is -2.32. The maximum Gasteiger partial charge on any atom is 0.316 e. The normalized spacial score (nSPS) is 15.9. The van der Waals surface area contributed by atoms with Crippen LogP contribution in [0.2, 0.25) is 0 Å². The van der Waals surface area contributed by atoms with Crippen LogP contribution >= 0.6 is 0 Å². The zero-order valence-corrected chi connectivity index (χ0v) is 20.6. The zero-order valence-electron chi connectivity index (χ0n) is 19.8. The van der Waals surface area contributed by atoms with Gasteiger partial charge in [0.15, 0.2) is 0 Å². The molecule has 1 amide bonds. The van der Waals surface area contributed by atoms with Crippen molar-refractivity contribution in [3.05, 3.63) is 71.5 Å². The van der Waals surface area contributed by atoms with Gasteiger partial charge in [-0.05, 0) is 47.7 Å². The number of carbonyl (C=O) groups excluding carboxylic acids is 2. The van der Waals surface area contributed by atoms with E-state index in [9.17, 15) is 18.0 Å². The van der Waals surface area contributed by atoms with E-state index < -0.39 is 15.4 Å². The van der Waals surface area contributed by atoms with E-state index in [0.717, 1.165) is 24.0 Å². The van der Waals surface area contributed by atoms with Gasteiger partial charge in [-0.3, -0.25) is 19.3 Å². The molecule has 3 aromatic rings. The van der Waals surface area contributed by atoms with Gasteiger partial charge in [0.05, 0.1) is 42.8 Å². The van der Waals surface area contributed by atoms with Gasteiger partial charge in [0, 0.05) is 13.0 Å². The number of hydrogen-bond donors (Lipinski definition) is 2. The van der Waals surface area contributed by atoms with E-state index in [1.54, 1.807) is 12.1 Å². The van der Waals surface area contributed by atoms with Crippen LogP contribution in [0.25, 0.3) is 11.1 Å². The summed E-state index contributed by atoms with van der Waals surface area (Å²) in [5.74, 6) is -0.351. The van der Waals surface area contributed by atoms with Gasteiger partial charge in [-0.25, -0.2) is 8.42 Å². The molecule has 1 fully saturated rings. The van der Waals surface area contributed by atoms with Crippen molar-refractivity contribution < 1.29 is 27.5 Å². The SMILES string of the molecule is COC(=O)C1(c2ccc(-c3ccc(OC)c(S(=O)(=O)Nc4cnc5c(c4)C(=O)NCC5)c3)cc2)CC1. The lowest BCUT2D eigenvalue weighted by Gasteiger charge is -2.17. The highest BCUT2D eigenvalue weighted by Crippen LogP contribution is 2.49. The predicted molar refractivity (Wildman–Crippen MR) is 132 cm³/mol. The third-order valence-corrected chi connectivity index (χ3v) is 8.07. The first-order valence-electron chi connectivity index (χ1n) is 11.4. The van der Waals surface area contributed by atoms with Crippen LogP contribution in [0.1, 0.15) is 34.5 Å². The molecule has 1 aliphatic carbocycles. The topological polar surface area (TPSA) is 124 Å². The van der Waals surface area contributed by atoms with Crippen molar-refractivity contribution in [3.63, 3.8) is 0 Å². The van der Waals surface area contributed by atoms with Crippen molar-refractivity contribution in [2.75, 3.05) is 25.5 Å². The quantitative estimate of drug-likeness (QED) is 0.471. The number of anilines is 1. The largest absolute Gasteiger partial charge is 0.495 e. The number of methoxy groups -OCH3 is 2. The monoisotopic (exact) mass is 507 g/mol. The maximum atomic E-state index is 13.3. The van der Waals surface area contributed by atoms with Crippen LogP contribution in [-0.2, 0) is 31.4 Å². The second-order valence-electron chi connectivity index (χ2n) is 8.85. The molecule has 0 atom stereocenters. The lowest BCUT2D eigenvalue weighted by molar-refractivity contribution is -0.143. The molecule has 36 heavy (non-hydrogen) atoms. The summed E-state index contributed by atoms with van der Waals surface area (Å²) in [6.45, 7) is 0.499. The first kappa shape index (κ1) is 23.8. The highest BCUT2D eigenvalue weighted by atomic mass is 32.2. The van der Waals surface area contributed by atoms with Gasteiger partial charge in [0.25, 0.3) is 15.9 Å². The number of rotatable bonds is 7. The van der Waals surface area contributed by atoms with Gasteiger partial charge in [-0.2, -0.15) is 0 Å². The molecule has 0 spiro atoms. The fraction of sp³-hybridized carbons (Fsp3) is 0.269. The number of sulfonamides is 1. The number of benzene rings is 2. The Morgan fingerprint density at radius 3 is 2.44 bits per heavy atom. The second kappa shape index (κ2) is 8.94. The van der Waals surface area contributed by atoms with E-state index >= 15 is 0 Å². The molecule has 2 heterocycles. The maximum absolute atomic E-state index is 13.3. The van der Waals surface area contributed by atoms with E-state index in [4.69, 9.17) is 9.47 Å². The standard InChI is InChI=1S/C26H25N3O6S/c1-34-22-8-5-17(16-3-6-18(7-4-16)26(10-11-26)25(31)35-2)13-23(22)36(32,33)29-19-14-20-21(28-15-19)9-12-27-24(20)30/h3-8,13-15,29H,9-12H2,1-2H3,(H,27,30). The Bertz CT molecular complexity index is 1460. The molecule has 10 heteroatoms. The molecule has 1 saturated carbocycles. The van der Waals surface area contributed by atoms with Gasteiger partial charge in [0.2, 0.25) is 0 Å². The minimum Gasteiger partial charge on any atom is -0.495 e. The van der Waals surface area contributed by atoms with Gasteiger partial charge in [-0.1, -0.05) is 30.3 Å². The Kier molecular flexibility index (Phi) is 5.91. The number of pyridine rings is 1. The van der Waals surface area contributed by atoms with Crippen molar-refractivity contribution in [2.45, 2.75) is 29.6 Å². The van der Waals surface area contributed by atoms with E-state index in [0.29, 0.717) is 29.8 Å². The molecule has 0 saturated heterocycles. The van der Waals surface area contributed by atoms with Gasteiger partial charge < -0.3 is 14.8 Å². The number of nitrogens with zero attached hydrogens (tertiary/aromatic N) is 1. The van der Waals surface area contributed by atoms with E-state index in [1.165, 1.54) is 32.5 Å². The number of ether oxygens (including phenoxy) is 2. The molecule has 1 aliphatic heterocycles. The first-order chi connectivity index (χ1) is 17.3. The second-order valence-corrected chi connectivity index (χ2v) is 10.5. The average molecular weight is 508 g/mol. The van der Waals surface area contributed by atoms with Crippen LogP contribution in [-0.4, -0.2) is 46.0 Å². The van der Waals surface area contributed by atoms with Crippen molar-refractivity contribution in [1.29, 1.82) is 0 Å². The molecule has 0 radical (unpaired) electrons. The van der Waals surface area contributed by atoms with Crippen LogP contribution in [0, 0.1) is 0 Å². The average Bonchev–Trinajstić information content (AvgIpc) is 3.70. The number of esters is 1. The predicted octanol–water partition coefficient (Wildman–Crippen LogP) is 3.05. The molecular weight excluding hydrogens is 482 g/mol. The third kappa shape index (κ3) is 4.17. The number of amides is 1. The molecular formula is C26H25N3O6S. The molecule has 5 rings (SSSR count). The molecule has 0 unspecified atom stereocenters. The van der Waals surface area contributed by atoms with E-state index in [1.807, 2.05) is 24.3 Å². The van der Waals surface area contributed by atoms with Crippen LogP contribution in [0.4, 0.5) is 5.69 Å². The van der Waals surface area contributed by atoms with Crippen molar-refractivity contribution in [1.82, 2.24) is 10.3 Å². The highest BCUT2D eigenvalue weighted by molar-refractivity contribution is 7.92. The zero-order chi connectivity index (χ0) is 25.5. The Labute approximate surface area is 208 Å². The minimum atomic E-state index is -4.07. The van der Waals surface area contributed by atoms with Crippen molar-refractivity contribution in [2.24, 2.45) is 0 Å². The molecule has 2 N–H and O–H groups in total. The summed E-state index contributed by atoms with van der Waals surface area (Å²) in [7, 11) is -1.29. The number of aromatic nitrogens is 1. The number of carbonyl (C=O) groups is 2. The molecule has 9 nitrogen and oxygen atoms in total. The first-order valence-corrected chi connectivity index (χ1v) is 12.9. The molecule has 2 aliphatic rings. The van der Waals surface area contributed by atoms with E-state index in [-0.39, 0.29) is 28.2 Å². The van der Waals surface area contributed by atoms with Crippen LogP contribution < -0.4 is 14.8 Å². The Morgan fingerprint density at radius 2 is 1.78 bits per heavy atom. The molecule has 1 aromatic heterocycles. The summed E-state index contributed by atoms with van der Waals surface area (Å²) in [6, 6.07) is 13.8. The summed E-state index contributed by atoms with van der Waals surface area (Å²) in [5, 5.41) is 2.73. The fourth-order valence-corrected chi connectivity index (χ4v) is 5.75. The van der Waals surface area contributed by atoms with E-state index in [2.05, 4.69) is 15.0 Å². The number of nitrogens with one attached hydrogen (secondary N) is 2. The number of fused-ring (bicyclic) bond motifs is 1. The van der Waals surface area contributed by atoms with Gasteiger partial charge in [-0.15, -0.1) is 0 Å². The third-order valence-electron chi connectivity index (χ3n) is 6.66. The van der Waals surface area contributed by atoms with Crippen LogP contribution in [0.15, 0.2) is 59.6 Å². The summed E-state index contributed by atoms with van der Waals surface area (Å²) >= 11 is 0. The molecule has 186 valence electrons. The Hall–Kier alpha value is -3.92. The fourth-order valence-electron chi connectivity index (χ4n) is 4.52. The minimum absolute atomic E-state index is 0.0537. The Morgan fingerprint density at radius 1 is 1.06 bits per heavy atom. The summed E-state index contributed by atoms with van der Waals surface area (Å²) in [6.07, 6.45) is 3.48. The highest BCUT2D eigenvalue weighted by Gasteiger charge is 2.52. The smallest absolute Gasteiger partial charge is 0.316 e. The van der Waals surface area contributed by atoms with Crippen molar-refractivity contribution >= 4 is 27.6 Å². The Balaban J connectivity index is 1.45. The molecule has 2 aromatic carbocycles. The molecule has 0 bridgehead atoms. The lowest BCUT2D eigenvalue weighted by atomic mass is 9.94. The van der Waals surface area contributed by atoms with Crippen LogP contribution in [0.5, 0.6) is 5.75 Å². The van der Waals surface area contributed by atoms with Crippen LogP contribution in [0.3, 0.4) is 0 Å². The summed E-state index contributed by atoms with van der Waals surface area (Å²) in [4.78, 5) is 28.5. The summed E-state index contributed by atoms with van der Waals surface area (Å²) < 4.78 is 39.5.